The van der Waals surface area contributed by atoms with Gasteiger partial charge in [-0.3, -0.25) is 4.79 Å². The second kappa shape index (κ2) is 6.73. The predicted octanol–water partition coefficient (Wildman–Crippen LogP) is 4.29. The highest BCUT2D eigenvalue weighted by atomic mass is 32.1. The average molecular weight is 370 g/mol. The molecule has 126 valence electrons. The number of aromatic nitrogens is 3. The molecule has 0 saturated heterocycles. The summed E-state index contributed by atoms with van der Waals surface area (Å²) in [7, 11) is 0. The Morgan fingerprint density at radius 1 is 1.28 bits per heavy atom. The molecule has 1 aromatic carbocycles. The number of nitrogens with zero attached hydrogens (tertiary/aromatic N) is 3. The summed E-state index contributed by atoms with van der Waals surface area (Å²) in [6.45, 7) is 1.97. The first-order valence-corrected chi connectivity index (χ1v) is 9.40. The van der Waals surface area contributed by atoms with Gasteiger partial charge in [0.05, 0.1) is 20.1 Å². The van der Waals surface area contributed by atoms with Crippen molar-refractivity contribution in [3.8, 4) is 10.7 Å². The monoisotopic (exact) mass is 370 g/mol. The summed E-state index contributed by atoms with van der Waals surface area (Å²) in [5, 5.41) is 9.81. The molecule has 0 radical (unpaired) electrons. The van der Waals surface area contributed by atoms with Crippen LogP contribution in [0.5, 0.6) is 0 Å². The van der Waals surface area contributed by atoms with Crippen LogP contribution < -0.4 is 5.32 Å². The van der Waals surface area contributed by atoms with E-state index in [9.17, 15) is 4.79 Å². The predicted molar refractivity (Wildman–Crippen MR) is 98.9 cm³/mol. The molecule has 0 bridgehead atoms. The van der Waals surface area contributed by atoms with E-state index in [2.05, 4.69) is 20.4 Å². The van der Waals surface area contributed by atoms with Gasteiger partial charge in [0.15, 0.2) is 0 Å². The number of aryl methyl sites for hydroxylation is 2. The number of anilines is 1. The summed E-state index contributed by atoms with van der Waals surface area (Å²) in [6, 6.07) is 9.59. The zero-order chi connectivity index (χ0) is 17.2. The molecule has 3 heterocycles. The van der Waals surface area contributed by atoms with Crippen molar-refractivity contribution < 1.29 is 9.32 Å². The third kappa shape index (κ3) is 3.59. The number of carbonyl (C=O) groups is 1. The lowest BCUT2D eigenvalue weighted by Gasteiger charge is -2.03. The van der Waals surface area contributed by atoms with Gasteiger partial charge in [-0.25, -0.2) is 4.98 Å². The Morgan fingerprint density at radius 2 is 2.20 bits per heavy atom. The molecule has 8 heteroatoms. The Labute approximate surface area is 151 Å². The second-order valence-corrected chi connectivity index (χ2v) is 7.64. The lowest BCUT2D eigenvalue weighted by atomic mass is 10.2. The van der Waals surface area contributed by atoms with Crippen LogP contribution in [-0.2, 0) is 11.2 Å². The molecule has 25 heavy (non-hydrogen) atoms. The van der Waals surface area contributed by atoms with Crippen molar-refractivity contribution in [1.29, 1.82) is 0 Å². The van der Waals surface area contributed by atoms with Crippen LogP contribution in [0.2, 0.25) is 0 Å². The van der Waals surface area contributed by atoms with Crippen molar-refractivity contribution in [2.75, 3.05) is 5.32 Å². The van der Waals surface area contributed by atoms with E-state index in [-0.39, 0.29) is 12.3 Å². The van der Waals surface area contributed by atoms with E-state index in [1.807, 2.05) is 42.6 Å². The van der Waals surface area contributed by atoms with Crippen molar-refractivity contribution >= 4 is 44.5 Å². The molecule has 0 fully saturated rings. The summed E-state index contributed by atoms with van der Waals surface area (Å²) in [5.41, 5.74) is 1.72. The van der Waals surface area contributed by atoms with E-state index < -0.39 is 0 Å². The number of thiazole rings is 1. The van der Waals surface area contributed by atoms with Gasteiger partial charge >= 0.3 is 0 Å². The van der Waals surface area contributed by atoms with Gasteiger partial charge in [0, 0.05) is 18.5 Å². The maximum Gasteiger partial charge on any atom is 0.227 e. The Morgan fingerprint density at radius 3 is 3.04 bits per heavy atom. The third-order valence-electron chi connectivity index (χ3n) is 3.55. The van der Waals surface area contributed by atoms with E-state index in [0.29, 0.717) is 18.1 Å². The molecule has 0 aliphatic carbocycles. The van der Waals surface area contributed by atoms with Crippen molar-refractivity contribution in [2.24, 2.45) is 0 Å². The van der Waals surface area contributed by atoms with E-state index in [1.165, 1.54) is 0 Å². The molecule has 0 aliphatic rings. The largest absolute Gasteiger partial charge is 0.339 e. The smallest absolute Gasteiger partial charge is 0.227 e. The minimum absolute atomic E-state index is 0.0866. The normalized spacial score (nSPS) is 11.1. The minimum atomic E-state index is -0.0866. The highest BCUT2D eigenvalue weighted by Crippen LogP contribution is 2.25. The summed E-state index contributed by atoms with van der Waals surface area (Å²) in [5.74, 6) is 0.944. The zero-order valence-electron chi connectivity index (χ0n) is 13.4. The molecule has 6 nitrogen and oxygen atoms in total. The van der Waals surface area contributed by atoms with E-state index >= 15 is 0 Å². The Bertz CT molecular complexity index is 1020. The molecule has 0 unspecified atom stereocenters. The number of rotatable bonds is 5. The molecular weight excluding hydrogens is 356 g/mol. The number of hydrogen-bond donors (Lipinski definition) is 1. The summed E-state index contributed by atoms with van der Waals surface area (Å²) >= 11 is 3.16. The number of fused-ring (bicyclic) bond motifs is 1. The third-order valence-corrected chi connectivity index (χ3v) is 5.35. The van der Waals surface area contributed by atoms with Gasteiger partial charge in [0.25, 0.3) is 0 Å². The molecule has 0 atom stereocenters. The van der Waals surface area contributed by atoms with Crippen LogP contribution in [-0.4, -0.2) is 21.0 Å². The van der Waals surface area contributed by atoms with Crippen LogP contribution >= 0.6 is 22.7 Å². The molecule has 0 saturated carbocycles. The van der Waals surface area contributed by atoms with Crippen molar-refractivity contribution in [3.05, 3.63) is 46.6 Å². The summed E-state index contributed by atoms with van der Waals surface area (Å²) in [4.78, 5) is 21.8. The van der Waals surface area contributed by atoms with Crippen LogP contribution in [0.3, 0.4) is 0 Å². The number of carbonyl (C=O) groups excluding carboxylic acids is 1. The lowest BCUT2D eigenvalue weighted by molar-refractivity contribution is -0.116. The molecule has 0 aliphatic heterocycles. The molecule has 1 amide bonds. The Hall–Kier alpha value is -2.58. The van der Waals surface area contributed by atoms with E-state index in [1.54, 1.807) is 22.7 Å². The van der Waals surface area contributed by atoms with Gasteiger partial charge in [-0.2, -0.15) is 4.98 Å². The number of nitrogens with one attached hydrogen (secondary N) is 1. The molecule has 3 aromatic heterocycles. The zero-order valence-corrected chi connectivity index (χ0v) is 15.0. The fourth-order valence-electron chi connectivity index (χ4n) is 2.42. The number of amides is 1. The highest BCUT2D eigenvalue weighted by molar-refractivity contribution is 7.18. The fraction of sp³-hybridized carbons (Fsp3) is 0.176. The average Bonchev–Trinajstić information content (AvgIpc) is 3.32. The first-order valence-electron chi connectivity index (χ1n) is 7.71. The fourth-order valence-corrected chi connectivity index (χ4v) is 3.94. The molecule has 4 rings (SSSR count). The van der Waals surface area contributed by atoms with Gasteiger partial charge in [0.2, 0.25) is 17.6 Å². The summed E-state index contributed by atoms with van der Waals surface area (Å²) in [6.07, 6.45) is 0.692. The number of hydrogen-bond acceptors (Lipinski definition) is 7. The lowest BCUT2D eigenvalue weighted by Crippen LogP contribution is -2.12. The highest BCUT2D eigenvalue weighted by Gasteiger charge is 2.12. The van der Waals surface area contributed by atoms with E-state index in [0.717, 1.165) is 25.8 Å². The van der Waals surface area contributed by atoms with Gasteiger partial charge < -0.3 is 9.84 Å². The van der Waals surface area contributed by atoms with Crippen LogP contribution in [0.4, 0.5) is 5.69 Å². The number of benzene rings is 1. The quantitative estimate of drug-likeness (QED) is 0.567. The molecular formula is C17H14N4O2S2. The Balaban J connectivity index is 1.37. The van der Waals surface area contributed by atoms with Gasteiger partial charge in [-0.05, 0) is 36.6 Å². The topological polar surface area (TPSA) is 80.9 Å². The molecule has 4 aromatic rings. The molecule has 1 N–H and O–H groups in total. The maximum absolute atomic E-state index is 12.2. The van der Waals surface area contributed by atoms with Crippen LogP contribution in [0.15, 0.2) is 40.2 Å². The maximum atomic E-state index is 12.2. The SMILES string of the molecule is Cc1nc2ccc(NC(=O)CCc3nc(-c4cccs4)no3)cc2s1. The minimum Gasteiger partial charge on any atom is -0.339 e. The van der Waals surface area contributed by atoms with Crippen LogP contribution in [0.1, 0.15) is 17.3 Å². The van der Waals surface area contributed by atoms with Crippen molar-refractivity contribution in [2.45, 2.75) is 19.8 Å². The van der Waals surface area contributed by atoms with Crippen LogP contribution in [0, 0.1) is 6.92 Å². The standard InChI is InChI=1S/C17H14N4O2S2/c1-10-18-12-5-4-11(9-14(12)25-10)19-15(22)6-7-16-20-17(21-23-16)13-3-2-8-24-13/h2-5,8-9H,6-7H2,1H3,(H,19,22). The van der Waals surface area contributed by atoms with Crippen molar-refractivity contribution in [3.63, 3.8) is 0 Å². The van der Waals surface area contributed by atoms with Gasteiger partial charge in [-0.15, -0.1) is 22.7 Å². The van der Waals surface area contributed by atoms with Crippen LogP contribution in [0.25, 0.3) is 20.9 Å². The first-order chi connectivity index (χ1) is 12.2. The first kappa shape index (κ1) is 15.9. The van der Waals surface area contributed by atoms with E-state index in [4.69, 9.17) is 4.52 Å². The van der Waals surface area contributed by atoms with Gasteiger partial charge in [-0.1, -0.05) is 11.2 Å². The number of thiophene rings is 1. The van der Waals surface area contributed by atoms with Gasteiger partial charge in [0.1, 0.15) is 0 Å². The Kier molecular flexibility index (Phi) is 4.29. The second-order valence-electron chi connectivity index (χ2n) is 5.45. The molecule has 0 spiro atoms. The van der Waals surface area contributed by atoms with Crippen molar-refractivity contribution in [1.82, 2.24) is 15.1 Å². The summed E-state index contributed by atoms with van der Waals surface area (Å²) < 4.78 is 6.27.